The fraction of sp³-hybridized carbons (Fsp3) is 0.400. The predicted octanol–water partition coefficient (Wildman–Crippen LogP) is 7.51. The summed E-state index contributed by atoms with van der Waals surface area (Å²) in [7, 11) is 0. The molecule has 5 rings (SSSR count). The van der Waals surface area contributed by atoms with Crippen molar-refractivity contribution >= 4 is 5.69 Å². The summed E-state index contributed by atoms with van der Waals surface area (Å²) in [6.45, 7) is 9.30. The van der Waals surface area contributed by atoms with E-state index >= 15 is 0 Å². The highest BCUT2D eigenvalue weighted by molar-refractivity contribution is 5.59. The lowest BCUT2D eigenvalue weighted by molar-refractivity contribution is 0.127. The summed E-state index contributed by atoms with van der Waals surface area (Å²) in [6, 6.07) is 28.4. The van der Waals surface area contributed by atoms with Gasteiger partial charge in [0.1, 0.15) is 6.17 Å². The van der Waals surface area contributed by atoms with Crippen LogP contribution in [0.4, 0.5) is 5.69 Å². The minimum absolute atomic E-state index is 0.251. The fourth-order valence-corrected chi connectivity index (χ4v) is 6.38. The van der Waals surface area contributed by atoms with Gasteiger partial charge in [-0.25, -0.2) is 0 Å². The second-order valence-corrected chi connectivity index (χ2v) is 9.85. The lowest BCUT2D eigenvalue weighted by Crippen LogP contribution is -2.39. The molecule has 0 bridgehead atoms. The van der Waals surface area contributed by atoms with Gasteiger partial charge < -0.3 is 4.90 Å². The topological polar surface area (TPSA) is 6.48 Å². The number of aryl methyl sites for hydroxylation is 3. The SMILES string of the molecule is Cc1ccccc1N1C(c2c(C)cccc2C)N(C2CCCC2)C(c2ccccc2)[C@@H]1C. The van der Waals surface area contributed by atoms with Crippen LogP contribution in [0.25, 0.3) is 0 Å². The van der Waals surface area contributed by atoms with Crippen LogP contribution in [0.3, 0.4) is 0 Å². The smallest absolute Gasteiger partial charge is 0.110 e. The van der Waals surface area contributed by atoms with Crippen molar-refractivity contribution in [3.05, 3.63) is 101 Å². The molecule has 2 heteroatoms. The highest BCUT2D eigenvalue weighted by Gasteiger charge is 2.50. The van der Waals surface area contributed by atoms with E-state index in [1.165, 1.54) is 59.2 Å². The molecule has 1 saturated carbocycles. The highest BCUT2D eigenvalue weighted by atomic mass is 15.5. The van der Waals surface area contributed by atoms with Crippen LogP contribution >= 0.6 is 0 Å². The third kappa shape index (κ3) is 3.55. The second-order valence-electron chi connectivity index (χ2n) is 9.85. The van der Waals surface area contributed by atoms with Crippen molar-refractivity contribution in [1.29, 1.82) is 0 Å². The van der Waals surface area contributed by atoms with Crippen LogP contribution in [-0.2, 0) is 0 Å². The first kappa shape index (κ1) is 21.3. The van der Waals surface area contributed by atoms with Gasteiger partial charge in [0.25, 0.3) is 0 Å². The van der Waals surface area contributed by atoms with E-state index < -0.39 is 0 Å². The Morgan fingerprint density at radius 2 is 1.28 bits per heavy atom. The molecular formula is C30H36N2. The largest absolute Gasteiger partial charge is 0.347 e. The molecule has 3 atom stereocenters. The number of hydrogen-bond donors (Lipinski definition) is 0. The molecule has 0 N–H and O–H groups in total. The lowest BCUT2D eigenvalue weighted by atomic mass is 9.96. The normalized spacial score (nSPS) is 24.4. The van der Waals surface area contributed by atoms with Crippen LogP contribution in [0.1, 0.15) is 72.6 Å². The molecule has 166 valence electrons. The van der Waals surface area contributed by atoms with Crippen molar-refractivity contribution in [2.24, 2.45) is 0 Å². The van der Waals surface area contributed by atoms with Gasteiger partial charge in [-0.1, -0.05) is 79.6 Å². The molecule has 0 aromatic heterocycles. The van der Waals surface area contributed by atoms with E-state index in [-0.39, 0.29) is 6.17 Å². The van der Waals surface area contributed by atoms with Crippen molar-refractivity contribution in [3.63, 3.8) is 0 Å². The van der Waals surface area contributed by atoms with Crippen molar-refractivity contribution in [1.82, 2.24) is 4.90 Å². The molecule has 32 heavy (non-hydrogen) atoms. The van der Waals surface area contributed by atoms with Gasteiger partial charge in [-0.2, -0.15) is 0 Å². The number of benzene rings is 3. The van der Waals surface area contributed by atoms with Crippen molar-refractivity contribution in [2.45, 2.75) is 77.7 Å². The molecular weight excluding hydrogens is 388 g/mol. The van der Waals surface area contributed by atoms with E-state index in [0.717, 1.165) is 0 Å². The van der Waals surface area contributed by atoms with E-state index in [4.69, 9.17) is 0 Å². The third-order valence-electron chi connectivity index (χ3n) is 7.84. The van der Waals surface area contributed by atoms with E-state index in [9.17, 15) is 0 Å². The molecule has 2 fully saturated rings. The quantitative estimate of drug-likeness (QED) is 0.428. The summed E-state index contributed by atoms with van der Waals surface area (Å²) in [5.41, 5.74) is 8.46. The maximum Gasteiger partial charge on any atom is 0.110 e. The van der Waals surface area contributed by atoms with Crippen molar-refractivity contribution in [2.75, 3.05) is 4.90 Å². The first-order valence-electron chi connectivity index (χ1n) is 12.3. The average Bonchev–Trinajstić information content (AvgIpc) is 3.41. The molecule has 1 heterocycles. The van der Waals surface area contributed by atoms with E-state index in [0.29, 0.717) is 18.1 Å². The van der Waals surface area contributed by atoms with Gasteiger partial charge in [0.2, 0.25) is 0 Å². The molecule has 2 nitrogen and oxygen atoms in total. The molecule has 1 aliphatic carbocycles. The lowest BCUT2D eigenvalue weighted by Gasteiger charge is -2.39. The maximum absolute atomic E-state index is 2.90. The van der Waals surface area contributed by atoms with Crippen molar-refractivity contribution < 1.29 is 0 Å². The van der Waals surface area contributed by atoms with Crippen LogP contribution in [-0.4, -0.2) is 17.0 Å². The fourth-order valence-electron chi connectivity index (χ4n) is 6.38. The average molecular weight is 425 g/mol. The summed E-state index contributed by atoms with van der Waals surface area (Å²) < 4.78 is 0. The Morgan fingerprint density at radius 3 is 1.94 bits per heavy atom. The number of para-hydroxylation sites is 1. The zero-order chi connectivity index (χ0) is 22.2. The Labute approximate surface area is 193 Å². The van der Waals surface area contributed by atoms with Gasteiger partial charge in [0, 0.05) is 17.8 Å². The Kier molecular flexibility index (Phi) is 5.82. The molecule has 1 aliphatic heterocycles. The standard InChI is InChI=1S/C30H36N2/c1-21-13-8-11-20-27(21)31-24(4)29(25-16-6-5-7-17-25)32(26-18-9-10-19-26)30(31)28-22(2)14-12-15-23(28)3/h5-8,11-17,20,24,26,29-30H,9-10,18-19H2,1-4H3/t24-,29?,30?/m0/s1. The van der Waals surface area contributed by atoms with Gasteiger partial charge in [0.15, 0.2) is 0 Å². The summed E-state index contributed by atoms with van der Waals surface area (Å²) in [4.78, 5) is 5.63. The summed E-state index contributed by atoms with van der Waals surface area (Å²) >= 11 is 0. The molecule has 0 amide bonds. The molecule has 0 radical (unpaired) electrons. The Morgan fingerprint density at radius 1 is 0.688 bits per heavy atom. The predicted molar refractivity (Wildman–Crippen MR) is 135 cm³/mol. The van der Waals surface area contributed by atoms with Gasteiger partial charge in [-0.3, -0.25) is 4.90 Å². The van der Waals surface area contributed by atoms with Crippen LogP contribution in [0.5, 0.6) is 0 Å². The minimum atomic E-state index is 0.251. The first-order valence-corrected chi connectivity index (χ1v) is 12.3. The Hall–Kier alpha value is -2.58. The number of nitrogens with zero attached hydrogens (tertiary/aromatic N) is 2. The summed E-state index contributed by atoms with van der Waals surface area (Å²) in [6.07, 6.45) is 5.56. The minimum Gasteiger partial charge on any atom is -0.347 e. The van der Waals surface area contributed by atoms with Crippen LogP contribution in [0.15, 0.2) is 72.8 Å². The van der Waals surface area contributed by atoms with Crippen LogP contribution in [0, 0.1) is 20.8 Å². The van der Waals surface area contributed by atoms with E-state index in [1.54, 1.807) is 0 Å². The molecule has 2 aliphatic rings. The van der Waals surface area contributed by atoms with Gasteiger partial charge in [-0.15, -0.1) is 0 Å². The molecule has 2 unspecified atom stereocenters. The van der Waals surface area contributed by atoms with Crippen LogP contribution in [0.2, 0.25) is 0 Å². The second kappa shape index (κ2) is 8.75. The number of hydrogen-bond acceptors (Lipinski definition) is 2. The first-order chi connectivity index (χ1) is 15.6. The Bertz CT molecular complexity index is 1050. The maximum atomic E-state index is 2.90. The summed E-state index contributed by atoms with van der Waals surface area (Å²) in [5, 5.41) is 0. The Balaban J connectivity index is 1.75. The third-order valence-corrected chi connectivity index (χ3v) is 7.84. The van der Waals surface area contributed by atoms with E-state index in [2.05, 4.69) is 110 Å². The monoisotopic (exact) mass is 424 g/mol. The molecule has 0 spiro atoms. The van der Waals surface area contributed by atoms with Gasteiger partial charge in [0.05, 0.1) is 6.04 Å². The van der Waals surface area contributed by atoms with Crippen LogP contribution < -0.4 is 4.90 Å². The molecule has 3 aromatic carbocycles. The molecule has 1 saturated heterocycles. The van der Waals surface area contributed by atoms with Gasteiger partial charge in [-0.05, 0) is 74.4 Å². The zero-order valence-corrected chi connectivity index (χ0v) is 20.0. The van der Waals surface area contributed by atoms with Gasteiger partial charge >= 0.3 is 0 Å². The number of anilines is 1. The molecule has 3 aromatic rings. The summed E-state index contributed by atoms with van der Waals surface area (Å²) in [5.74, 6) is 0. The number of rotatable bonds is 4. The van der Waals surface area contributed by atoms with Crippen molar-refractivity contribution in [3.8, 4) is 0 Å². The zero-order valence-electron chi connectivity index (χ0n) is 20.0. The highest BCUT2D eigenvalue weighted by Crippen LogP contribution is 2.52. The van der Waals surface area contributed by atoms with E-state index in [1.807, 2.05) is 0 Å².